The number of carboxylic acids is 1. The van der Waals surface area contributed by atoms with E-state index in [1.54, 1.807) is 0 Å². The van der Waals surface area contributed by atoms with Gasteiger partial charge in [-0.05, 0) is 31.6 Å². The van der Waals surface area contributed by atoms with E-state index in [2.05, 4.69) is 4.72 Å². The zero-order valence-electron chi connectivity index (χ0n) is 12.3. The van der Waals surface area contributed by atoms with Crippen LogP contribution in [0.15, 0.2) is 0 Å². The number of aliphatic carboxylic acids is 1. The van der Waals surface area contributed by atoms with Gasteiger partial charge in [-0.25, -0.2) is 21.6 Å². The van der Waals surface area contributed by atoms with Crippen molar-refractivity contribution in [3.63, 3.8) is 0 Å². The lowest BCUT2D eigenvalue weighted by atomic mass is 9.71. The van der Waals surface area contributed by atoms with Gasteiger partial charge >= 0.3 is 5.97 Å². The van der Waals surface area contributed by atoms with Crippen LogP contribution in [0, 0.1) is 11.3 Å². The molecule has 0 amide bonds. The third-order valence-corrected chi connectivity index (χ3v) is 6.57. The van der Waals surface area contributed by atoms with Gasteiger partial charge in [-0.15, -0.1) is 0 Å². The fourth-order valence-electron chi connectivity index (χ4n) is 2.36. The summed E-state index contributed by atoms with van der Waals surface area (Å²) in [6.07, 6.45) is 3.31. The summed E-state index contributed by atoms with van der Waals surface area (Å²) >= 11 is 0. The average Bonchev–Trinajstić information content (AvgIpc) is 2.35. The Hall–Kier alpha value is -0.670. The lowest BCUT2D eigenvalue weighted by molar-refractivity contribution is -0.151. The monoisotopic (exact) mass is 341 g/mol. The summed E-state index contributed by atoms with van der Waals surface area (Å²) in [6, 6.07) is 0. The number of nitrogens with one attached hydrogen (secondary N) is 1. The van der Waals surface area contributed by atoms with Gasteiger partial charge in [0.05, 0.1) is 16.9 Å². The first-order chi connectivity index (χ1) is 9.46. The number of hydrogen-bond acceptors (Lipinski definition) is 5. The Balaban J connectivity index is 2.67. The van der Waals surface area contributed by atoms with Crippen LogP contribution < -0.4 is 4.72 Å². The van der Waals surface area contributed by atoms with Gasteiger partial charge in [-0.1, -0.05) is 6.92 Å². The Kier molecular flexibility index (Phi) is 5.79. The first-order valence-corrected chi connectivity index (χ1v) is 10.6. The molecule has 0 aromatic heterocycles. The summed E-state index contributed by atoms with van der Waals surface area (Å²) in [5.41, 5.74) is -1.08. The molecule has 0 aliphatic heterocycles. The minimum absolute atomic E-state index is 0.179. The number of hydrogen-bond donors (Lipinski definition) is 2. The van der Waals surface area contributed by atoms with Crippen LogP contribution in [0.2, 0.25) is 0 Å². The number of sulfonamides is 1. The van der Waals surface area contributed by atoms with Crippen LogP contribution in [0.1, 0.15) is 32.6 Å². The second-order valence-corrected chi connectivity index (χ2v) is 10.2. The van der Waals surface area contributed by atoms with E-state index < -0.39 is 42.8 Å². The molecule has 7 nitrogen and oxygen atoms in total. The third kappa shape index (κ3) is 5.91. The van der Waals surface area contributed by atoms with E-state index in [1.807, 2.05) is 6.92 Å². The molecular formula is C12H23NO6S2. The van der Waals surface area contributed by atoms with Gasteiger partial charge in [-0.2, -0.15) is 0 Å². The molecule has 0 aromatic carbocycles. The summed E-state index contributed by atoms with van der Waals surface area (Å²) in [7, 11) is -7.17. The standard InChI is InChI=1S/C12H23NO6S2/c1-10-3-5-12(6-4-10,11(14)15)9-13-21(18,19)8-7-20(2,16)17/h10,13H,3-9H2,1-2H3,(H,14,15). The predicted octanol–water partition coefficient (Wildman–Crippen LogP) is 0.232. The highest BCUT2D eigenvalue weighted by Crippen LogP contribution is 2.38. The second-order valence-electron chi connectivity index (χ2n) is 6.04. The van der Waals surface area contributed by atoms with Crippen molar-refractivity contribution < 1.29 is 26.7 Å². The molecule has 0 spiro atoms. The summed E-state index contributed by atoms with van der Waals surface area (Å²) in [5, 5.41) is 9.40. The van der Waals surface area contributed by atoms with Crippen LogP contribution in [0.25, 0.3) is 0 Å². The van der Waals surface area contributed by atoms with Gasteiger partial charge < -0.3 is 5.11 Å². The van der Waals surface area contributed by atoms with Crippen molar-refractivity contribution in [1.29, 1.82) is 0 Å². The number of carbonyl (C=O) groups is 1. The molecule has 1 aliphatic rings. The van der Waals surface area contributed by atoms with Gasteiger partial charge in [0.15, 0.2) is 0 Å². The van der Waals surface area contributed by atoms with E-state index in [9.17, 15) is 26.7 Å². The number of rotatable bonds is 7. The summed E-state index contributed by atoms with van der Waals surface area (Å²) in [5.74, 6) is -1.57. The van der Waals surface area contributed by atoms with E-state index in [-0.39, 0.29) is 6.54 Å². The maximum absolute atomic E-state index is 11.8. The highest BCUT2D eigenvalue weighted by molar-refractivity contribution is 7.93. The summed E-state index contributed by atoms with van der Waals surface area (Å²) in [4.78, 5) is 11.5. The van der Waals surface area contributed by atoms with Crippen molar-refractivity contribution >= 4 is 25.8 Å². The Morgan fingerprint density at radius 1 is 1.19 bits per heavy atom. The molecule has 1 saturated carbocycles. The molecule has 1 fully saturated rings. The van der Waals surface area contributed by atoms with E-state index >= 15 is 0 Å². The molecule has 0 heterocycles. The summed E-state index contributed by atoms with van der Waals surface area (Å²) < 4.78 is 47.8. The van der Waals surface area contributed by atoms with E-state index in [0.29, 0.717) is 18.8 Å². The molecule has 21 heavy (non-hydrogen) atoms. The fourth-order valence-corrected chi connectivity index (χ4v) is 5.09. The highest BCUT2D eigenvalue weighted by Gasteiger charge is 2.41. The van der Waals surface area contributed by atoms with Gasteiger partial charge in [0.25, 0.3) is 0 Å². The van der Waals surface area contributed by atoms with Crippen molar-refractivity contribution in [2.75, 3.05) is 24.3 Å². The summed E-state index contributed by atoms with van der Waals surface area (Å²) in [6.45, 7) is 1.86. The van der Waals surface area contributed by atoms with Crippen LogP contribution >= 0.6 is 0 Å². The smallest absolute Gasteiger partial charge is 0.310 e. The van der Waals surface area contributed by atoms with Crippen LogP contribution in [-0.2, 0) is 24.7 Å². The number of carboxylic acid groups (broad SMARTS) is 1. The van der Waals surface area contributed by atoms with E-state index in [0.717, 1.165) is 19.1 Å². The van der Waals surface area contributed by atoms with Gasteiger partial charge in [0.2, 0.25) is 10.0 Å². The molecule has 1 aliphatic carbocycles. The average molecular weight is 341 g/mol. The molecule has 0 aromatic rings. The van der Waals surface area contributed by atoms with Crippen LogP contribution in [0.4, 0.5) is 0 Å². The van der Waals surface area contributed by atoms with Crippen molar-refractivity contribution in [2.45, 2.75) is 32.6 Å². The second kappa shape index (κ2) is 6.62. The quantitative estimate of drug-likeness (QED) is 0.684. The normalized spacial score (nSPS) is 27.4. The van der Waals surface area contributed by atoms with Crippen LogP contribution in [0.5, 0.6) is 0 Å². The molecule has 9 heteroatoms. The maximum Gasteiger partial charge on any atom is 0.310 e. The van der Waals surface area contributed by atoms with E-state index in [1.165, 1.54) is 0 Å². The first-order valence-electron chi connectivity index (χ1n) is 6.84. The minimum atomic E-state index is -3.79. The highest BCUT2D eigenvalue weighted by atomic mass is 32.2. The Bertz CT molecular complexity index is 573. The maximum atomic E-state index is 11.8. The van der Waals surface area contributed by atoms with Crippen molar-refractivity contribution in [2.24, 2.45) is 11.3 Å². The SMILES string of the molecule is CC1CCC(CNS(=O)(=O)CCS(C)(=O)=O)(C(=O)O)CC1. The van der Waals surface area contributed by atoms with Crippen molar-refractivity contribution in [3.05, 3.63) is 0 Å². The lowest BCUT2D eigenvalue weighted by Gasteiger charge is -2.35. The van der Waals surface area contributed by atoms with Crippen LogP contribution in [0.3, 0.4) is 0 Å². The molecule has 2 N–H and O–H groups in total. The Morgan fingerprint density at radius 3 is 2.14 bits per heavy atom. The van der Waals surface area contributed by atoms with Crippen LogP contribution in [-0.4, -0.2) is 52.2 Å². The van der Waals surface area contributed by atoms with Crippen molar-refractivity contribution in [3.8, 4) is 0 Å². The van der Waals surface area contributed by atoms with E-state index in [4.69, 9.17) is 0 Å². The Morgan fingerprint density at radius 2 is 1.71 bits per heavy atom. The zero-order chi connectivity index (χ0) is 16.3. The predicted molar refractivity (Wildman–Crippen MR) is 79.2 cm³/mol. The zero-order valence-corrected chi connectivity index (χ0v) is 14.0. The van der Waals surface area contributed by atoms with Gasteiger partial charge in [-0.3, -0.25) is 4.79 Å². The van der Waals surface area contributed by atoms with Crippen molar-refractivity contribution in [1.82, 2.24) is 4.72 Å². The molecule has 0 atom stereocenters. The molecule has 1 rings (SSSR count). The molecule has 0 saturated heterocycles. The molecule has 124 valence electrons. The topological polar surface area (TPSA) is 118 Å². The molecule has 0 unspecified atom stereocenters. The van der Waals surface area contributed by atoms with Gasteiger partial charge in [0, 0.05) is 12.8 Å². The third-order valence-electron chi connectivity index (χ3n) is 4.04. The number of sulfone groups is 1. The molecular weight excluding hydrogens is 318 g/mol. The Labute approximate surface area is 126 Å². The van der Waals surface area contributed by atoms with Gasteiger partial charge in [0.1, 0.15) is 9.84 Å². The first kappa shape index (κ1) is 18.4. The molecule has 0 bridgehead atoms. The molecule has 0 radical (unpaired) electrons. The fraction of sp³-hybridized carbons (Fsp3) is 0.917. The minimum Gasteiger partial charge on any atom is -0.481 e. The lowest BCUT2D eigenvalue weighted by Crippen LogP contribution is -2.46. The largest absolute Gasteiger partial charge is 0.481 e.